The van der Waals surface area contributed by atoms with Crippen LogP contribution in [0.5, 0.6) is 0 Å². The number of hydrogen-bond donors (Lipinski definition) is 2. The zero-order valence-corrected chi connectivity index (χ0v) is 4.86. The number of hydrogen-bond acceptors (Lipinski definition) is 3. The molecule has 0 aliphatic carbocycles. The van der Waals surface area contributed by atoms with Crippen LogP contribution in [0, 0.1) is 0 Å². The molecule has 0 aromatic carbocycles. The van der Waals surface area contributed by atoms with E-state index in [1.54, 1.807) is 0 Å². The molecule has 0 spiro atoms. The first-order chi connectivity index (χ1) is 3.70. The van der Waals surface area contributed by atoms with E-state index in [4.69, 9.17) is 5.11 Å². The van der Waals surface area contributed by atoms with E-state index in [0.717, 1.165) is 0 Å². The highest BCUT2D eigenvalue weighted by atomic mass is 32.1. The minimum Gasteiger partial charge on any atom is -0.385 e. The zero-order chi connectivity index (χ0) is 6.15. The lowest BCUT2D eigenvalue weighted by atomic mass is 10.3. The van der Waals surface area contributed by atoms with E-state index in [-0.39, 0.29) is 17.3 Å². The quantitative estimate of drug-likeness (QED) is 0.423. The van der Waals surface area contributed by atoms with Gasteiger partial charge in [-0.3, -0.25) is 4.79 Å². The van der Waals surface area contributed by atoms with Gasteiger partial charge in [0.1, 0.15) is 11.1 Å². The van der Waals surface area contributed by atoms with E-state index in [0.29, 0.717) is 0 Å². The Morgan fingerprint density at radius 1 is 1.88 bits per heavy atom. The summed E-state index contributed by atoms with van der Waals surface area (Å²) >= 11 is 4.54. The van der Waals surface area contributed by atoms with Crippen molar-refractivity contribution in [2.24, 2.45) is 0 Å². The summed E-state index contributed by atoms with van der Waals surface area (Å²) in [6.45, 7) is 0. The van der Waals surface area contributed by atoms with Gasteiger partial charge in [-0.05, 0) is 0 Å². The summed E-state index contributed by atoms with van der Waals surface area (Å²) in [5.41, 5.74) is 0. The first-order valence-corrected chi connectivity index (χ1v) is 2.63. The average molecular weight is 131 g/mol. The van der Waals surface area contributed by atoms with Gasteiger partial charge in [-0.2, -0.15) is 0 Å². The van der Waals surface area contributed by atoms with Gasteiger partial charge in [-0.25, -0.2) is 0 Å². The largest absolute Gasteiger partial charge is 0.385 e. The molecule has 2 N–H and O–H groups in total. The van der Waals surface area contributed by atoms with Gasteiger partial charge in [0, 0.05) is 0 Å². The zero-order valence-electron chi connectivity index (χ0n) is 4.05. The van der Waals surface area contributed by atoms with Crippen molar-refractivity contribution in [2.45, 2.75) is 12.5 Å². The van der Waals surface area contributed by atoms with Crippen LogP contribution in [-0.4, -0.2) is 22.1 Å². The fourth-order valence-electron chi connectivity index (χ4n) is 0.540. The molecule has 1 aliphatic rings. The lowest BCUT2D eigenvalue weighted by Gasteiger charge is -1.92. The van der Waals surface area contributed by atoms with E-state index in [1.807, 2.05) is 0 Å². The maximum absolute atomic E-state index is 10.3. The molecule has 1 amide bonds. The Bertz CT molecular complexity index is 145. The van der Waals surface area contributed by atoms with E-state index in [1.165, 1.54) is 0 Å². The third-order valence-corrected chi connectivity index (χ3v) is 1.32. The van der Waals surface area contributed by atoms with Crippen LogP contribution in [-0.2, 0) is 4.79 Å². The van der Waals surface area contributed by atoms with Crippen molar-refractivity contribution >= 4 is 23.1 Å². The standard InChI is InChI=1S/C4H5NO2S/c6-2-1-3(7)5-4(2)8/h2,6H,1H2,(H,5,7,8). The Morgan fingerprint density at radius 3 is 2.62 bits per heavy atom. The molecule has 1 fully saturated rings. The number of aliphatic hydroxyl groups excluding tert-OH is 1. The highest BCUT2D eigenvalue weighted by Crippen LogP contribution is 2.00. The highest BCUT2D eigenvalue weighted by molar-refractivity contribution is 7.80. The second kappa shape index (κ2) is 1.80. The van der Waals surface area contributed by atoms with Crippen LogP contribution in [0.3, 0.4) is 0 Å². The number of carbonyl (C=O) groups excluding carboxylic acids is 1. The molecular formula is C4H5NO2S. The van der Waals surface area contributed by atoms with Crippen LogP contribution in [0.25, 0.3) is 0 Å². The van der Waals surface area contributed by atoms with Crippen LogP contribution in [0.1, 0.15) is 6.42 Å². The molecule has 0 bridgehead atoms. The molecule has 0 aromatic rings. The van der Waals surface area contributed by atoms with Crippen LogP contribution < -0.4 is 5.32 Å². The van der Waals surface area contributed by atoms with Crippen molar-refractivity contribution < 1.29 is 9.90 Å². The van der Waals surface area contributed by atoms with Crippen molar-refractivity contribution in [2.75, 3.05) is 0 Å². The van der Waals surface area contributed by atoms with E-state index >= 15 is 0 Å². The second-order valence-electron chi connectivity index (χ2n) is 1.63. The summed E-state index contributed by atoms with van der Waals surface area (Å²) in [5, 5.41) is 11.1. The van der Waals surface area contributed by atoms with E-state index in [2.05, 4.69) is 17.5 Å². The van der Waals surface area contributed by atoms with Gasteiger partial charge < -0.3 is 10.4 Å². The summed E-state index contributed by atoms with van der Waals surface area (Å²) in [4.78, 5) is 10.6. The summed E-state index contributed by atoms with van der Waals surface area (Å²) < 4.78 is 0. The minimum atomic E-state index is -0.738. The molecule has 1 heterocycles. The molecule has 0 aromatic heterocycles. The van der Waals surface area contributed by atoms with Gasteiger partial charge in [0.15, 0.2) is 0 Å². The van der Waals surface area contributed by atoms with Gasteiger partial charge in [0.2, 0.25) is 5.91 Å². The lowest BCUT2D eigenvalue weighted by molar-refractivity contribution is -0.119. The number of carbonyl (C=O) groups is 1. The van der Waals surface area contributed by atoms with Crippen LogP contribution in [0.2, 0.25) is 0 Å². The van der Waals surface area contributed by atoms with Crippen molar-refractivity contribution in [1.82, 2.24) is 5.32 Å². The average Bonchev–Trinajstić information content (AvgIpc) is 1.85. The Kier molecular flexibility index (Phi) is 1.27. The molecule has 0 saturated carbocycles. The van der Waals surface area contributed by atoms with Gasteiger partial charge >= 0.3 is 0 Å². The molecule has 0 radical (unpaired) electrons. The first kappa shape index (κ1) is 5.65. The fourth-order valence-corrected chi connectivity index (χ4v) is 0.737. The number of amides is 1. The summed E-state index contributed by atoms with van der Waals surface area (Å²) in [7, 11) is 0. The molecule has 1 aliphatic heterocycles. The Morgan fingerprint density at radius 2 is 2.50 bits per heavy atom. The predicted octanol–water partition coefficient (Wildman–Crippen LogP) is -0.805. The lowest BCUT2D eigenvalue weighted by Crippen LogP contribution is -2.21. The van der Waals surface area contributed by atoms with Gasteiger partial charge in [0.05, 0.1) is 6.42 Å². The highest BCUT2D eigenvalue weighted by Gasteiger charge is 2.23. The predicted molar refractivity (Wildman–Crippen MR) is 31.4 cm³/mol. The van der Waals surface area contributed by atoms with Crippen molar-refractivity contribution in [3.63, 3.8) is 0 Å². The van der Waals surface area contributed by atoms with E-state index < -0.39 is 6.10 Å². The monoisotopic (exact) mass is 131 g/mol. The molecule has 8 heavy (non-hydrogen) atoms. The molecule has 3 nitrogen and oxygen atoms in total. The number of thiocarbonyl (C=S) groups is 1. The maximum atomic E-state index is 10.3. The molecule has 1 atom stereocenters. The maximum Gasteiger partial charge on any atom is 0.227 e. The molecule has 44 valence electrons. The van der Waals surface area contributed by atoms with Gasteiger partial charge in [0.25, 0.3) is 0 Å². The molecular weight excluding hydrogens is 126 g/mol. The third-order valence-electron chi connectivity index (χ3n) is 0.944. The number of aliphatic hydroxyl groups is 1. The number of rotatable bonds is 0. The second-order valence-corrected chi connectivity index (χ2v) is 2.07. The van der Waals surface area contributed by atoms with Crippen molar-refractivity contribution in [1.29, 1.82) is 0 Å². The topological polar surface area (TPSA) is 49.3 Å². The normalized spacial score (nSPS) is 28.4. The third kappa shape index (κ3) is 0.850. The summed E-state index contributed by atoms with van der Waals surface area (Å²) in [6, 6.07) is 0. The molecule has 4 heteroatoms. The van der Waals surface area contributed by atoms with Gasteiger partial charge in [-0.1, -0.05) is 12.2 Å². The van der Waals surface area contributed by atoms with E-state index in [9.17, 15) is 4.79 Å². The summed E-state index contributed by atoms with van der Waals surface area (Å²) in [6.07, 6.45) is -0.615. The smallest absolute Gasteiger partial charge is 0.227 e. The van der Waals surface area contributed by atoms with Crippen LogP contribution >= 0.6 is 12.2 Å². The molecule has 1 saturated heterocycles. The van der Waals surface area contributed by atoms with Gasteiger partial charge in [-0.15, -0.1) is 0 Å². The molecule has 1 unspecified atom stereocenters. The fraction of sp³-hybridized carbons (Fsp3) is 0.500. The Labute approximate surface area is 51.7 Å². The Hall–Kier alpha value is -0.480. The minimum absolute atomic E-state index is 0.124. The van der Waals surface area contributed by atoms with Crippen LogP contribution in [0.15, 0.2) is 0 Å². The first-order valence-electron chi connectivity index (χ1n) is 2.22. The SMILES string of the molecule is O=C1CC(O)C(=S)N1. The Balaban J connectivity index is 2.64. The molecule has 1 rings (SSSR count). The van der Waals surface area contributed by atoms with Crippen molar-refractivity contribution in [3.8, 4) is 0 Å². The summed E-state index contributed by atoms with van der Waals surface area (Å²) in [5.74, 6) is -0.192. The van der Waals surface area contributed by atoms with Crippen molar-refractivity contribution in [3.05, 3.63) is 0 Å². The van der Waals surface area contributed by atoms with Crippen LogP contribution in [0.4, 0.5) is 0 Å². The number of nitrogens with one attached hydrogen (secondary N) is 1.